The molecule has 0 amide bonds. The third-order valence-electron chi connectivity index (χ3n) is 2.79. The molecule has 0 atom stereocenters. The molecule has 0 saturated heterocycles. The molecule has 0 aliphatic heterocycles. The predicted molar refractivity (Wildman–Crippen MR) is 72.6 cm³/mol. The molecule has 6 nitrogen and oxygen atoms in total. The fourth-order valence-corrected chi connectivity index (χ4v) is 1.83. The second kappa shape index (κ2) is 5.48. The number of hydrogen-bond acceptors (Lipinski definition) is 4. The maximum atomic E-state index is 11.5. The highest BCUT2D eigenvalue weighted by molar-refractivity contribution is 5.89. The number of methoxy groups -OCH3 is 2. The van der Waals surface area contributed by atoms with Crippen molar-refractivity contribution in [2.24, 2.45) is 0 Å². The second-order valence-electron chi connectivity index (χ2n) is 4.02. The van der Waals surface area contributed by atoms with Crippen LogP contribution in [-0.2, 0) is 0 Å². The largest absolute Gasteiger partial charge is 0.497 e. The summed E-state index contributed by atoms with van der Waals surface area (Å²) in [5.41, 5.74) is 0.377. The summed E-state index contributed by atoms with van der Waals surface area (Å²) in [5, 5.41) is 8.99. The van der Waals surface area contributed by atoms with Crippen LogP contribution in [0, 0.1) is 0 Å². The predicted octanol–water partition coefficient (Wildman–Crippen LogP) is 1.76. The van der Waals surface area contributed by atoms with Crippen molar-refractivity contribution in [1.29, 1.82) is 0 Å². The van der Waals surface area contributed by atoms with Gasteiger partial charge in [0.05, 0.1) is 25.5 Å². The average molecular weight is 275 g/mol. The number of carbonyl (C=O) groups is 1. The van der Waals surface area contributed by atoms with Crippen LogP contribution in [0.1, 0.15) is 10.4 Å². The molecule has 2 N–H and O–H groups in total. The van der Waals surface area contributed by atoms with Gasteiger partial charge in [-0.25, -0.2) is 4.79 Å². The fraction of sp³-hybridized carbons (Fsp3) is 0.143. The van der Waals surface area contributed by atoms with Crippen molar-refractivity contribution in [2.75, 3.05) is 14.2 Å². The first-order chi connectivity index (χ1) is 9.55. The number of aromatic amines is 1. The molecule has 1 aromatic carbocycles. The number of aromatic nitrogens is 1. The first-order valence-corrected chi connectivity index (χ1v) is 5.75. The van der Waals surface area contributed by atoms with Crippen molar-refractivity contribution in [2.45, 2.75) is 0 Å². The summed E-state index contributed by atoms with van der Waals surface area (Å²) in [4.78, 5) is 25.1. The lowest BCUT2D eigenvalue weighted by Crippen LogP contribution is -2.10. The van der Waals surface area contributed by atoms with Crippen molar-refractivity contribution in [3.05, 3.63) is 46.2 Å². The van der Waals surface area contributed by atoms with Crippen molar-refractivity contribution in [3.8, 4) is 22.8 Å². The zero-order valence-corrected chi connectivity index (χ0v) is 11.0. The lowest BCUT2D eigenvalue weighted by Gasteiger charge is -2.10. The van der Waals surface area contributed by atoms with Gasteiger partial charge in [-0.3, -0.25) is 4.79 Å². The number of carboxylic acids is 1. The molecule has 1 heterocycles. The monoisotopic (exact) mass is 275 g/mol. The van der Waals surface area contributed by atoms with Crippen molar-refractivity contribution in [1.82, 2.24) is 4.98 Å². The Kier molecular flexibility index (Phi) is 3.74. The summed E-state index contributed by atoms with van der Waals surface area (Å²) in [7, 11) is 3.01. The van der Waals surface area contributed by atoms with Gasteiger partial charge in [-0.1, -0.05) is 0 Å². The minimum atomic E-state index is -1.16. The van der Waals surface area contributed by atoms with Crippen molar-refractivity contribution >= 4 is 5.97 Å². The molecule has 0 spiro atoms. The standard InChI is InChI=1S/C14H13NO5/c1-19-9-3-4-10(12(7-9)20-2)11-5-8(14(17)18)6-13(16)15-11/h3-7H,1-2H3,(H,15,16)(H,17,18). The molecule has 0 unspecified atom stereocenters. The Balaban J connectivity index is 2.61. The number of carboxylic acid groups (broad SMARTS) is 1. The van der Waals surface area contributed by atoms with Crippen LogP contribution in [0.5, 0.6) is 11.5 Å². The van der Waals surface area contributed by atoms with Gasteiger partial charge in [0.2, 0.25) is 5.56 Å². The summed E-state index contributed by atoms with van der Waals surface area (Å²) in [5.74, 6) is -0.0882. The molecule has 0 saturated carbocycles. The number of rotatable bonds is 4. The lowest BCUT2D eigenvalue weighted by atomic mass is 10.1. The zero-order valence-electron chi connectivity index (χ0n) is 11.0. The molecule has 0 aliphatic rings. The number of H-pyrrole nitrogens is 1. The summed E-state index contributed by atoms with van der Waals surface area (Å²) >= 11 is 0. The van der Waals surface area contributed by atoms with E-state index in [0.717, 1.165) is 6.07 Å². The molecule has 2 aromatic rings. The van der Waals surface area contributed by atoms with Gasteiger partial charge in [-0.15, -0.1) is 0 Å². The van der Waals surface area contributed by atoms with E-state index in [-0.39, 0.29) is 5.56 Å². The van der Waals surface area contributed by atoms with E-state index in [0.29, 0.717) is 22.8 Å². The molecule has 104 valence electrons. The highest BCUT2D eigenvalue weighted by Gasteiger charge is 2.12. The minimum absolute atomic E-state index is 0.0818. The van der Waals surface area contributed by atoms with Crippen LogP contribution >= 0.6 is 0 Å². The molecule has 0 aliphatic carbocycles. The maximum Gasteiger partial charge on any atom is 0.335 e. The summed E-state index contributed by atoms with van der Waals surface area (Å²) in [6.07, 6.45) is 0. The first kappa shape index (κ1) is 13.7. The van der Waals surface area contributed by atoms with Gasteiger partial charge < -0.3 is 19.6 Å². The molecule has 0 radical (unpaired) electrons. The first-order valence-electron chi connectivity index (χ1n) is 5.75. The van der Waals surface area contributed by atoms with Gasteiger partial charge in [-0.05, 0) is 18.2 Å². The number of ether oxygens (including phenoxy) is 2. The lowest BCUT2D eigenvalue weighted by molar-refractivity contribution is 0.0696. The van der Waals surface area contributed by atoms with Gasteiger partial charge >= 0.3 is 5.97 Å². The molecule has 20 heavy (non-hydrogen) atoms. The molecule has 1 aromatic heterocycles. The highest BCUT2D eigenvalue weighted by atomic mass is 16.5. The third kappa shape index (κ3) is 2.64. The van der Waals surface area contributed by atoms with E-state index in [1.165, 1.54) is 20.3 Å². The van der Waals surface area contributed by atoms with Crippen LogP contribution in [0.15, 0.2) is 35.1 Å². The van der Waals surface area contributed by atoms with Crippen LogP contribution in [-0.4, -0.2) is 30.3 Å². The second-order valence-corrected chi connectivity index (χ2v) is 4.02. The van der Waals surface area contributed by atoms with E-state index < -0.39 is 11.5 Å². The van der Waals surface area contributed by atoms with Crippen LogP contribution in [0.2, 0.25) is 0 Å². The molecular weight excluding hydrogens is 262 g/mol. The van der Waals surface area contributed by atoms with Crippen LogP contribution in [0.25, 0.3) is 11.3 Å². The Morgan fingerprint density at radius 3 is 2.50 bits per heavy atom. The number of hydrogen-bond donors (Lipinski definition) is 2. The van der Waals surface area contributed by atoms with Crippen molar-refractivity contribution in [3.63, 3.8) is 0 Å². The fourth-order valence-electron chi connectivity index (χ4n) is 1.83. The van der Waals surface area contributed by atoms with E-state index >= 15 is 0 Å². The number of benzene rings is 1. The van der Waals surface area contributed by atoms with Gasteiger partial charge in [0, 0.05) is 17.7 Å². The quantitative estimate of drug-likeness (QED) is 0.887. The zero-order chi connectivity index (χ0) is 14.7. The van der Waals surface area contributed by atoms with Gasteiger partial charge in [-0.2, -0.15) is 0 Å². The number of pyridine rings is 1. The Morgan fingerprint density at radius 2 is 1.90 bits per heavy atom. The van der Waals surface area contributed by atoms with Crippen LogP contribution in [0.3, 0.4) is 0 Å². The van der Waals surface area contributed by atoms with Crippen LogP contribution in [0.4, 0.5) is 0 Å². The normalized spacial score (nSPS) is 10.1. The Morgan fingerprint density at radius 1 is 1.15 bits per heavy atom. The maximum absolute atomic E-state index is 11.5. The topological polar surface area (TPSA) is 88.6 Å². The Bertz CT molecular complexity index is 705. The Labute approximate surface area is 114 Å². The van der Waals surface area contributed by atoms with Crippen molar-refractivity contribution < 1.29 is 19.4 Å². The smallest absolute Gasteiger partial charge is 0.335 e. The van der Waals surface area contributed by atoms with E-state index in [1.54, 1.807) is 18.2 Å². The van der Waals surface area contributed by atoms with E-state index in [1.807, 2.05) is 0 Å². The Hall–Kier alpha value is -2.76. The van der Waals surface area contributed by atoms with Gasteiger partial charge in [0.1, 0.15) is 11.5 Å². The van der Waals surface area contributed by atoms with E-state index in [2.05, 4.69) is 4.98 Å². The SMILES string of the molecule is COc1ccc(-c2cc(C(=O)O)cc(=O)[nH]2)c(OC)c1. The summed E-state index contributed by atoms with van der Waals surface area (Å²) < 4.78 is 10.3. The third-order valence-corrected chi connectivity index (χ3v) is 2.79. The summed E-state index contributed by atoms with van der Waals surface area (Å²) in [6.45, 7) is 0. The average Bonchev–Trinajstić information content (AvgIpc) is 2.45. The number of nitrogens with one attached hydrogen (secondary N) is 1. The minimum Gasteiger partial charge on any atom is -0.497 e. The summed E-state index contributed by atoms with van der Waals surface area (Å²) in [6, 6.07) is 7.45. The number of aromatic carboxylic acids is 1. The van der Waals surface area contributed by atoms with Gasteiger partial charge in [0.15, 0.2) is 0 Å². The molecule has 6 heteroatoms. The highest BCUT2D eigenvalue weighted by Crippen LogP contribution is 2.31. The van der Waals surface area contributed by atoms with Gasteiger partial charge in [0.25, 0.3) is 0 Å². The van der Waals surface area contributed by atoms with E-state index in [9.17, 15) is 9.59 Å². The molecular formula is C14H13NO5. The molecule has 0 fully saturated rings. The molecule has 0 bridgehead atoms. The van der Waals surface area contributed by atoms with E-state index in [4.69, 9.17) is 14.6 Å². The molecule has 2 rings (SSSR count). The van der Waals surface area contributed by atoms with Crippen LogP contribution < -0.4 is 15.0 Å².